The fourth-order valence-electron chi connectivity index (χ4n) is 4.77. The zero-order chi connectivity index (χ0) is 25.8. The molecule has 0 unspecified atom stereocenters. The number of likely N-dealkylation sites (N-methyl/N-ethyl adjacent to an activating group) is 1. The highest BCUT2D eigenvalue weighted by atomic mass is 32.2. The van der Waals surface area contributed by atoms with Crippen molar-refractivity contribution >= 4 is 15.9 Å². The number of ether oxygens (including phenoxy) is 1. The predicted molar refractivity (Wildman–Crippen MR) is 136 cm³/mol. The first-order chi connectivity index (χ1) is 16.5. The van der Waals surface area contributed by atoms with Crippen molar-refractivity contribution in [2.75, 3.05) is 26.7 Å². The van der Waals surface area contributed by atoms with Gasteiger partial charge in [0.2, 0.25) is 15.9 Å². The van der Waals surface area contributed by atoms with E-state index in [0.29, 0.717) is 12.1 Å². The molecule has 1 saturated carbocycles. The molecule has 2 aliphatic rings. The first kappa shape index (κ1) is 27.5. The molecular formula is C27H40N2O5S. The van der Waals surface area contributed by atoms with Crippen LogP contribution in [0, 0.1) is 29.6 Å². The summed E-state index contributed by atoms with van der Waals surface area (Å²) in [6.45, 7) is 7.88. The molecule has 8 heteroatoms. The average Bonchev–Trinajstić information content (AvgIpc) is 2.84. The topological polar surface area (TPSA) is 87.2 Å². The lowest BCUT2D eigenvalue weighted by Gasteiger charge is -2.38. The molecule has 1 heterocycles. The lowest BCUT2D eigenvalue weighted by atomic mass is 9.88. The van der Waals surface area contributed by atoms with Crippen LogP contribution in [-0.2, 0) is 14.8 Å². The van der Waals surface area contributed by atoms with E-state index < -0.39 is 22.2 Å². The van der Waals surface area contributed by atoms with Gasteiger partial charge < -0.3 is 14.7 Å². The molecule has 1 amide bonds. The monoisotopic (exact) mass is 504 g/mol. The van der Waals surface area contributed by atoms with E-state index in [2.05, 4.69) is 11.8 Å². The Morgan fingerprint density at radius 2 is 1.91 bits per heavy atom. The van der Waals surface area contributed by atoms with Crippen LogP contribution < -0.4 is 4.74 Å². The van der Waals surface area contributed by atoms with Crippen molar-refractivity contribution in [1.29, 1.82) is 0 Å². The van der Waals surface area contributed by atoms with Crippen LogP contribution in [0.4, 0.5) is 0 Å². The Hall–Kier alpha value is -2.08. The second kappa shape index (κ2) is 11.8. The van der Waals surface area contributed by atoms with Gasteiger partial charge in [-0.2, -0.15) is 4.31 Å². The molecule has 0 saturated heterocycles. The van der Waals surface area contributed by atoms with E-state index >= 15 is 0 Å². The normalized spacial score (nSPS) is 23.7. The first-order valence-electron chi connectivity index (χ1n) is 12.7. The van der Waals surface area contributed by atoms with Crippen LogP contribution >= 0.6 is 0 Å². The summed E-state index contributed by atoms with van der Waals surface area (Å²) in [5.74, 6) is 6.58. The number of rotatable bonds is 5. The molecule has 0 spiro atoms. The van der Waals surface area contributed by atoms with Gasteiger partial charge in [-0.15, -0.1) is 0 Å². The third-order valence-corrected chi connectivity index (χ3v) is 8.98. The molecule has 1 aromatic carbocycles. The van der Waals surface area contributed by atoms with Gasteiger partial charge in [0.15, 0.2) is 0 Å². The highest BCUT2D eigenvalue weighted by Crippen LogP contribution is 2.34. The molecule has 1 aliphatic carbocycles. The van der Waals surface area contributed by atoms with Crippen LogP contribution in [0.2, 0.25) is 0 Å². The standard InChI is InChI=1S/C27H40N2O5S/c1-19(2)11-12-22-13-14-26-24(15-22)34-25(17-28(5)27(31)23-9-7-6-8-10-23)20(3)16-29(21(4)18-30)35(26,32)33/h13-15,19-21,23,25,30H,6-10,16-18H2,1-5H3/t20-,21+,25+/m1/s1. The Labute approximate surface area is 210 Å². The van der Waals surface area contributed by atoms with Crippen LogP contribution in [0.25, 0.3) is 0 Å². The maximum Gasteiger partial charge on any atom is 0.247 e. The highest BCUT2D eigenvalue weighted by molar-refractivity contribution is 7.89. The molecule has 1 N–H and O–H groups in total. The number of hydrogen-bond donors (Lipinski definition) is 1. The minimum Gasteiger partial charge on any atom is -0.487 e. The molecule has 1 aliphatic heterocycles. The molecule has 3 rings (SSSR count). The highest BCUT2D eigenvalue weighted by Gasteiger charge is 2.38. The number of aliphatic hydroxyl groups is 1. The summed E-state index contributed by atoms with van der Waals surface area (Å²) in [6.07, 6.45) is 4.78. The number of carbonyl (C=O) groups excluding carboxylic acids is 1. The summed E-state index contributed by atoms with van der Waals surface area (Å²) in [7, 11) is -2.09. The minimum atomic E-state index is -3.90. The van der Waals surface area contributed by atoms with Gasteiger partial charge in [-0.1, -0.05) is 51.9 Å². The Morgan fingerprint density at radius 3 is 2.54 bits per heavy atom. The number of fused-ring (bicyclic) bond motifs is 1. The Kier molecular flexibility index (Phi) is 9.25. The van der Waals surface area contributed by atoms with Crippen molar-refractivity contribution in [2.45, 2.75) is 76.8 Å². The van der Waals surface area contributed by atoms with E-state index in [1.165, 1.54) is 16.8 Å². The van der Waals surface area contributed by atoms with Gasteiger partial charge in [0.1, 0.15) is 16.7 Å². The zero-order valence-corrected chi connectivity index (χ0v) is 22.5. The fourth-order valence-corrected chi connectivity index (χ4v) is 6.60. The molecule has 0 bridgehead atoms. The molecule has 1 aromatic rings. The third kappa shape index (κ3) is 6.58. The van der Waals surface area contributed by atoms with Crippen LogP contribution in [0.5, 0.6) is 5.75 Å². The number of aliphatic hydroxyl groups excluding tert-OH is 1. The van der Waals surface area contributed by atoms with E-state index in [-0.39, 0.29) is 47.5 Å². The number of carbonyl (C=O) groups is 1. The summed E-state index contributed by atoms with van der Waals surface area (Å²) in [4.78, 5) is 14.9. The second-order valence-electron chi connectivity index (χ2n) is 10.4. The number of nitrogens with zero attached hydrogens (tertiary/aromatic N) is 2. The number of amides is 1. The summed E-state index contributed by atoms with van der Waals surface area (Å²) in [5, 5.41) is 9.80. The molecule has 7 nitrogen and oxygen atoms in total. The first-order valence-corrected chi connectivity index (χ1v) is 14.2. The molecule has 194 valence electrons. The number of hydrogen-bond acceptors (Lipinski definition) is 5. The largest absolute Gasteiger partial charge is 0.487 e. The number of benzene rings is 1. The van der Waals surface area contributed by atoms with Gasteiger partial charge in [-0.3, -0.25) is 4.79 Å². The maximum absolute atomic E-state index is 13.6. The van der Waals surface area contributed by atoms with Crippen molar-refractivity contribution in [1.82, 2.24) is 9.21 Å². The van der Waals surface area contributed by atoms with Crippen molar-refractivity contribution < 1.29 is 23.1 Å². The van der Waals surface area contributed by atoms with Gasteiger partial charge in [-0.05, 0) is 38.0 Å². The van der Waals surface area contributed by atoms with Crippen LogP contribution in [0.15, 0.2) is 23.1 Å². The fraction of sp³-hybridized carbons (Fsp3) is 0.667. The van der Waals surface area contributed by atoms with Crippen molar-refractivity contribution in [2.24, 2.45) is 17.8 Å². The molecule has 0 radical (unpaired) electrons. The van der Waals surface area contributed by atoms with Gasteiger partial charge in [0, 0.05) is 43.0 Å². The summed E-state index contributed by atoms with van der Waals surface area (Å²) in [6, 6.07) is 4.32. The van der Waals surface area contributed by atoms with E-state index in [1.807, 2.05) is 27.8 Å². The Balaban J connectivity index is 1.97. The SMILES string of the molecule is CC(C)C#Cc1ccc2c(c1)O[C@@H](CN(C)C(=O)C1CCCCC1)[C@H](C)CN([C@@H](C)CO)S2(=O)=O. The molecule has 3 atom stereocenters. The zero-order valence-electron chi connectivity index (χ0n) is 21.7. The molecular weight excluding hydrogens is 464 g/mol. The van der Waals surface area contributed by atoms with Crippen molar-refractivity contribution in [3.63, 3.8) is 0 Å². The predicted octanol–water partition coefficient (Wildman–Crippen LogP) is 3.50. The molecule has 0 aromatic heterocycles. The van der Waals surface area contributed by atoms with E-state index in [9.17, 15) is 18.3 Å². The van der Waals surface area contributed by atoms with Gasteiger partial charge in [0.05, 0.1) is 13.2 Å². The van der Waals surface area contributed by atoms with Crippen LogP contribution in [0.3, 0.4) is 0 Å². The second-order valence-corrected chi connectivity index (χ2v) is 12.2. The van der Waals surface area contributed by atoms with Gasteiger partial charge in [-0.25, -0.2) is 8.42 Å². The van der Waals surface area contributed by atoms with E-state index in [4.69, 9.17) is 4.74 Å². The Bertz CT molecular complexity index is 1050. The quantitative estimate of drug-likeness (QED) is 0.620. The van der Waals surface area contributed by atoms with Crippen LogP contribution in [-0.4, -0.2) is 67.5 Å². The van der Waals surface area contributed by atoms with Crippen molar-refractivity contribution in [3.8, 4) is 17.6 Å². The van der Waals surface area contributed by atoms with Crippen LogP contribution in [0.1, 0.15) is 65.4 Å². The van der Waals surface area contributed by atoms with Crippen molar-refractivity contribution in [3.05, 3.63) is 23.8 Å². The maximum atomic E-state index is 13.6. The summed E-state index contributed by atoms with van der Waals surface area (Å²) in [5.41, 5.74) is 0.674. The lowest BCUT2D eigenvalue weighted by molar-refractivity contribution is -0.136. The Morgan fingerprint density at radius 1 is 1.23 bits per heavy atom. The minimum absolute atomic E-state index is 0.0501. The summed E-state index contributed by atoms with van der Waals surface area (Å²) >= 11 is 0. The van der Waals surface area contributed by atoms with E-state index in [1.54, 1.807) is 24.0 Å². The van der Waals surface area contributed by atoms with Gasteiger partial charge in [0.25, 0.3) is 0 Å². The van der Waals surface area contributed by atoms with E-state index in [0.717, 1.165) is 25.7 Å². The average molecular weight is 505 g/mol. The lowest BCUT2D eigenvalue weighted by Crippen LogP contribution is -2.50. The summed E-state index contributed by atoms with van der Waals surface area (Å²) < 4.78 is 34.9. The third-order valence-electron chi connectivity index (χ3n) is 6.96. The number of sulfonamides is 1. The molecule has 35 heavy (non-hydrogen) atoms. The van der Waals surface area contributed by atoms with Gasteiger partial charge >= 0.3 is 0 Å². The molecule has 1 fully saturated rings. The smallest absolute Gasteiger partial charge is 0.247 e.